The fourth-order valence-electron chi connectivity index (χ4n) is 1.64. The van der Waals surface area contributed by atoms with E-state index in [1.165, 1.54) is 5.56 Å². The number of carbonyl (C=O) groups is 1. The average molecular weight is 256 g/mol. The van der Waals surface area contributed by atoms with Crippen LogP contribution in [0.2, 0.25) is 0 Å². The summed E-state index contributed by atoms with van der Waals surface area (Å²) in [5.41, 5.74) is 2.30. The van der Waals surface area contributed by atoms with Gasteiger partial charge in [0, 0.05) is 6.54 Å². The van der Waals surface area contributed by atoms with E-state index in [0.717, 1.165) is 12.0 Å². The zero-order chi connectivity index (χ0) is 12.8. The SMILES string of the molecule is CCc1ccc(C(Cl)CN(C)CC(=O)O)cc1. The van der Waals surface area contributed by atoms with Crippen LogP contribution in [0.25, 0.3) is 0 Å². The summed E-state index contributed by atoms with van der Waals surface area (Å²) in [5, 5.41) is 8.48. The van der Waals surface area contributed by atoms with E-state index < -0.39 is 5.97 Å². The third-order valence-electron chi connectivity index (χ3n) is 2.63. The maximum atomic E-state index is 10.5. The number of carboxylic acids is 1. The minimum absolute atomic E-state index is 0.0102. The lowest BCUT2D eigenvalue weighted by Gasteiger charge is -2.18. The van der Waals surface area contributed by atoms with Gasteiger partial charge in [-0.1, -0.05) is 31.2 Å². The Labute approximate surface area is 107 Å². The Morgan fingerprint density at radius 3 is 2.47 bits per heavy atom. The Morgan fingerprint density at radius 2 is 2.00 bits per heavy atom. The molecule has 0 radical (unpaired) electrons. The quantitative estimate of drug-likeness (QED) is 0.795. The summed E-state index contributed by atoms with van der Waals surface area (Å²) in [6.07, 6.45) is 1.01. The molecule has 0 saturated heterocycles. The van der Waals surface area contributed by atoms with Crippen molar-refractivity contribution in [3.05, 3.63) is 35.4 Å². The van der Waals surface area contributed by atoms with E-state index >= 15 is 0 Å². The van der Waals surface area contributed by atoms with Crippen LogP contribution in [0.3, 0.4) is 0 Å². The van der Waals surface area contributed by atoms with Crippen molar-refractivity contribution in [3.63, 3.8) is 0 Å². The topological polar surface area (TPSA) is 40.5 Å². The third-order valence-corrected chi connectivity index (χ3v) is 3.02. The van der Waals surface area contributed by atoms with Crippen molar-refractivity contribution in [1.29, 1.82) is 0 Å². The molecule has 0 aliphatic heterocycles. The van der Waals surface area contributed by atoms with Crippen molar-refractivity contribution in [3.8, 4) is 0 Å². The van der Waals surface area contributed by atoms with E-state index in [1.54, 1.807) is 11.9 Å². The summed E-state index contributed by atoms with van der Waals surface area (Å²) in [6.45, 7) is 2.64. The average Bonchev–Trinajstić information content (AvgIpc) is 2.28. The number of carboxylic acid groups (broad SMARTS) is 1. The van der Waals surface area contributed by atoms with E-state index in [0.29, 0.717) is 6.54 Å². The van der Waals surface area contributed by atoms with Crippen LogP contribution in [0.4, 0.5) is 0 Å². The molecule has 0 bridgehead atoms. The minimum Gasteiger partial charge on any atom is -0.480 e. The van der Waals surface area contributed by atoms with Gasteiger partial charge in [0.25, 0.3) is 0 Å². The molecular weight excluding hydrogens is 238 g/mol. The summed E-state index contributed by atoms with van der Waals surface area (Å²) in [5.74, 6) is -0.835. The van der Waals surface area contributed by atoms with E-state index in [1.807, 2.05) is 12.1 Å². The van der Waals surface area contributed by atoms with Crippen molar-refractivity contribution in [2.75, 3.05) is 20.1 Å². The summed E-state index contributed by atoms with van der Waals surface area (Å²) < 4.78 is 0. The lowest BCUT2D eigenvalue weighted by molar-refractivity contribution is -0.137. The van der Waals surface area contributed by atoms with Gasteiger partial charge in [-0.3, -0.25) is 9.69 Å². The largest absolute Gasteiger partial charge is 0.480 e. The lowest BCUT2D eigenvalue weighted by Crippen LogP contribution is -2.28. The third kappa shape index (κ3) is 4.75. The number of hydrogen-bond acceptors (Lipinski definition) is 2. The van der Waals surface area contributed by atoms with Crippen LogP contribution in [0.5, 0.6) is 0 Å². The number of nitrogens with zero attached hydrogens (tertiary/aromatic N) is 1. The highest BCUT2D eigenvalue weighted by Gasteiger charge is 2.12. The van der Waals surface area contributed by atoms with Crippen LogP contribution in [0, 0.1) is 0 Å². The highest BCUT2D eigenvalue weighted by molar-refractivity contribution is 6.21. The number of hydrogen-bond donors (Lipinski definition) is 1. The molecule has 1 unspecified atom stereocenters. The molecule has 4 heteroatoms. The first-order valence-corrected chi connectivity index (χ1v) is 6.09. The molecule has 3 nitrogen and oxygen atoms in total. The Hall–Kier alpha value is -1.06. The molecule has 0 amide bonds. The minimum atomic E-state index is -0.835. The van der Waals surface area contributed by atoms with Crippen LogP contribution >= 0.6 is 11.6 Å². The van der Waals surface area contributed by atoms with E-state index in [4.69, 9.17) is 16.7 Å². The molecule has 0 fully saturated rings. The molecule has 0 aromatic heterocycles. The summed E-state index contributed by atoms with van der Waals surface area (Å²) in [4.78, 5) is 12.2. The van der Waals surface area contributed by atoms with E-state index in [2.05, 4.69) is 19.1 Å². The van der Waals surface area contributed by atoms with Gasteiger partial charge in [-0.05, 0) is 24.6 Å². The van der Waals surface area contributed by atoms with E-state index in [9.17, 15) is 4.79 Å². The number of halogens is 1. The van der Waals surface area contributed by atoms with Gasteiger partial charge in [0.15, 0.2) is 0 Å². The van der Waals surface area contributed by atoms with Crippen LogP contribution in [0.15, 0.2) is 24.3 Å². The fourth-order valence-corrected chi connectivity index (χ4v) is 2.02. The lowest BCUT2D eigenvalue weighted by atomic mass is 10.1. The highest BCUT2D eigenvalue weighted by Crippen LogP contribution is 2.21. The number of aryl methyl sites for hydroxylation is 1. The first-order valence-electron chi connectivity index (χ1n) is 5.66. The second-order valence-corrected chi connectivity index (χ2v) is 4.68. The van der Waals surface area contributed by atoms with Crippen LogP contribution in [-0.4, -0.2) is 36.1 Å². The Balaban J connectivity index is 2.56. The normalized spacial score (nSPS) is 12.7. The first-order chi connectivity index (χ1) is 8.02. The summed E-state index contributed by atoms with van der Waals surface area (Å²) >= 11 is 6.25. The van der Waals surface area contributed by atoms with Crippen molar-refractivity contribution < 1.29 is 9.90 Å². The van der Waals surface area contributed by atoms with Gasteiger partial charge in [-0.15, -0.1) is 11.6 Å². The number of benzene rings is 1. The second-order valence-electron chi connectivity index (χ2n) is 4.15. The number of rotatable bonds is 6. The molecule has 94 valence electrons. The van der Waals surface area contributed by atoms with Gasteiger partial charge < -0.3 is 5.11 Å². The molecule has 1 rings (SSSR count). The maximum Gasteiger partial charge on any atom is 0.317 e. The molecule has 0 aliphatic rings. The number of alkyl halides is 1. The predicted molar refractivity (Wildman–Crippen MR) is 69.5 cm³/mol. The van der Waals surface area contributed by atoms with Gasteiger partial charge in [0.05, 0.1) is 11.9 Å². The van der Waals surface area contributed by atoms with Crippen LogP contribution in [-0.2, 0) is 11.2 Å². The van der Waals surface area contributed by atoms with Crippen molar-refractivity contribution in [2.24, 2.45) is 0 Å². The van der Waals surface area contributed by atoms with Gasteiger partial charge in [-0.2, -0.15) is 0 Å². The molecule has 17 heavy (non-hydrogen) atoms. The standard InChI is InChI=1S/C13H18ClNO2/c1-3-10-4-6-11(7-5-10)12(14)8-15(2)9-13(16)17/h4-7,12H,3,8-9H2,1-2H3,(H,16,17). The molecule has 1 atom stereocenters. The maximum absolute atomic E-state index is 10.5. The van der Waals surface area contributed by atoms with E-state index in [-0.39, 0.29) is 11.9 Å². The molecular formula is C13H18ClNO2. The summed E-state index contributed by atoms with van der Waals surface area (Å²) in [6, 6.07) is 8.13. The van der Waals surface area contributed by atoms with Gasteiger partial charge in [0.2, 0.25) is 0 Å². The Kier molecular flexibility index (Phi) is 5.45. The van der Waals surface area contributed by atoms with Crippen molar-refractivity contribution in [1.82, 2.24) is 4.90 Å². The molecule has 0 aliphatic carbocycles. The molecule has 0 spiro atoms. The fraction of sp³-hybridized carbons (Fsp3) is 0.462. The highest BCUT2D eigenvalue weighted by atomic mass is 35.5. The molecule has 1 N–H and O–H groups in total. The Morgan fingerprint density at radius 1 is 1.41 bits per heavy atom. The smallest absolute Gasteiger partial charge is 0.317 e. The molecule has 0 saturated carbocycles. The van der Waals surface area contributed by atoms with Gasteiger partial charge >= 0.3 is 5.97 Å². The first kappa shape index (κ1) is 14.0. The predicted octanol–water partition coefficient (Wildman–Crippen LogP) is 2.55. The van der Waals surface area contributed by atoms with Crippen LogP contribution in [0.1, 0.15) is 23.4 Å². The number of aliphatic carboxylic acids is 1. The molecule has 1 aromatic carbocycles. The molecule has 1 aromatic rings. The van der Waals surface area contributed by atoms with Gasteiger partial charge in [-0.25, -0.2) is 0 Å². The monoisotopic (exact) mass is 255 g/mol. The second kappa shape index (κ2) is 6.62. The van der Waals surface area contributed by atoms with Crippen molar-refractivity contribution in [2.45, 2.75) is 18.7 Å². The zero-order valence-corrected chi connectivity index (χ0v) is 10.9. The number of likely N-dealkylation sites (N-methyl/N-ethyl adjacent to an activating group) is 1. The Bertz CT molecular complexity index is 364. The van der Waals surface area contributed by atoms with Gasteiger partial charge in [0.1, 0.15) is 0 Å². The summed E-state index contributed by atoms with van der Waals surface area (Å²) in [7, 11) is 1.75. The van der Waals surface area contributed by atoms with Crippen LogP contribution < -0.4 is 0 Å². The molecule has 0 heterocycles. The zero-order valence-electron chi connectivity index (χ0n) is 10.2. The van der Waals surface area contributed by atoms with Crippen molar-refractivity contribution >= 4 is 17.6 Å².